The average Bonchev–Trinajstić information content (AvgIpc) is 2.30. The summed E-state index contributed by atoms with van der Waals surface area (Å²) in [6.07, 6.45) is -0.374. The zero-order valence-corrected chi connectivity index (χ0v) is 9.81. The number of hydrogen-bond donors (Lipinski definition) is 0. The van der Waals surface area contributed by atoms with Crippen LogP contribution in [0, 0.1) is 0 Å². The monoisotopic (exact) mass is 222 g/mol. The Morgan fingerprint density at radius 2 is 1.69 bits per heavy atom. The summed E-state index contributed by atoms with van der Waals surface area (Å²) in [7, 11) is 0. The van der Waals surface area contributed by atoms with Crippen molar-refractivity contribution in [2.75, 3.05) is 13.2 Å². The molecule has 0 saturated heterocycles. The molecule has 1 rings (SSSR count). The van der Waals surface area contributed by atoms with Gasteiger partial charge in [0, 0.05) is 19.6 Å². The minimum absolute atomic E-state index is 0.0325. The van der Waals surface area contributed by atoms with Gasteiger partial charge in [0.25, 0.3) is 0 Å². The first-order chi connectivity index (χ1) is 7.77. The normalized spacial score (nSPS) is 10.7. The zero-order chi connectivity index (χ0) is 11.8. The largest absolute Gasteiger partial charge is 0.346 e. The molecule has 0 aromatic heterocycles. The molecule has 0 radical (unpaired) electrons. The zero-order valence-electron chi connectivity index (χ0n) is 9.81. The maximum absolute atomic E-state index is 11.8. The van der Waals surface area contributed by atoms with Crippen LogP contribution >= 0.6 is 0 Å². The summed E-state index contributed by atoms with van der Waals surface area (Å²) in [5.41, 5.74) is 0.983. The van der Waals surface area contributed by atoms with Gasteiger partial charge in [-0.1, -0.05) is 30.3 Å². The fraction of sp³-hybridized carbons (Fsp3) is 0.462. The van der Waals surface area contributed by atoms with Crippen molar-refractivity contribution in [2.45, 2.75) is 26.6 Å². The maximum Gasteiger partial charge on any atom is 0.218 e. The number of carbonyl (C=O) groups excluding carboxylic acids is 1. The molecule has 1 aromatic rings. The molecule has 0 aliphatic heterocycles. The van der Waals surface area contributed by atoms with Crippen LogP contribution in [0.25, 0.3) is 0 Å². The van der Waals surface area contributed by atoms with Gasteiger partial charge in [-0.05, 0) is 19.4 Å². The van der Waals surface area contributed by atoms with Crippen LogP contribution in [-0.4, -0.2) is 25.3 Å². The number of hydrogen-bond acceptors (Lipinski definition) is 3. The van der Waals surface area contributed by atoms with E-state index >= 15 is 0 Å². The van der Waals surface area contributed by atoms with Gasteiger partial charge in [0.1, 0.15) is 0 Å². The third kappa shape index (κ3) is 4.13. The van der Waals surface area contributed by atoms with E-state index in [0.717, 1.165) is 5.56 Å². The van der Waals surface area contributed by atoms with Gasteiger partial charge < -0.3 is 9.47 Å². The number of ketones is 1. The van der Waals surface area contributed by atoms with Gasteiger partial charge in [-0.15, -0.1) is 0 Å². The van der Waals surface area contributed by atoms with E-state index in [9.17, 15) is 4.79 Å². The molecule has 0 N–H and O–H groups in total. The molecular weight excluding hydrogens is 204 g/mol. The van der Waals surface area contributed by atoms with Crippen LogP contribution in [0.4, 0.5) is 0 Å². The highest BCUT2D eigenvalue weighted by Gasteiger charge is 2.18. The third-order valence-corrected chi connectivity index (χ3v) is 2.12. The summed E-state index contributed by atoms with van der Waals surface area (Å²) in [5, 5.41) is 0. The standard InChI is InChI=1S/C13H18O3/c1-3-15-13(16-4-2)12(14)10-11-8-6-5-7-9-11/h5-9,13H,3-4,10H2,1-2H3. The number of Topliss-reactive ketones (excluding diaryl/α,β-unsaturated/α-hetero) is 1. The lowest BCUT2D eigenvalue weighted by Crippen LogP contribution is -2.29. The van der Waals surface area contributed by atoms with Crippen LogP contribution < -0.4 is 0 Å². The summed E-state index contributed by atoms with van der Waals surface area (Å²) in [5.74, 6) is -0.0325. The molecule has 3 nitrogen and oxygen atoms in total. The minimum Gasteiger partial charge on any atom is -0.346 e. The van der Waals surface area contributed by atoms with E-state index in [1.54, 1.807) is 0 Å². The Labute approximate surface area is 96.4 Å². The number of benzene rings is 1. The molecule has 0 amide bonds. The molecular formula is C13H18O3. The summed E-state index contributed by atoms with van der Waals surface area (Å²) in [6.45, 7) is 4.65. The van der Waals surface area contributed by atoms with Gasteiger partial charge in [0.05, 0.1) is 0 Å². The minimum atomic E-state index is -0.727. The second kappa shape index (κ2) is 7.14. The Balaban J connectivity index is 2.55. The quantitative estimate of drug-likeness (QED) is 0.663. The van der Waals surface area contributed by atoms with E-state index in [0.29, 0.717) is 19.6 Å². The van der Waals surface area contributed by atoms with Gasteiger partial charge in [-0.25, -0.2) is 0 Å². The fourth-order valence-corrected chi connectivity index (χ4v) is 1.42. The van der Waals surface area contributed by atoms with Gasteiger partial charge >= 0.3 is 0 Å². The SMILES string of the molecule is CCOC(OCC)C(=O)Cc1ccccc1. The van der Waals surface area contributed by atoms with Crippen molar-refractivity contribution in [1.82, 2.24) is 0 Å². The summed E-state index contributed by atoms with van der Waals surface area (Å²) in [4.78, 5) is 11.8. The first-order valence-corrected chi connectivity index (χ1v) is 5.57. The highest BCUT2D eigenvalue weighted by Crippen LogP contribution is 2.05. The Hall–Kier alpha value is -1.19. The van der Waals surface area contributed by atoms with Crippen molar-refractivity contribution in [3.63, 3.8) is 0 Å². The van der Waals surface area contributed by atoms with E-state index in [1.807, 2.05) is 44.2 Å². The lowest BCUT2D eigenvalue weighted by atomic mass is 10.1. The van der Waals surface area contributed by atoms with Crippen molar-refractivity contribution in [3.05, 3.63) is 35.9 Å². The number of rotatable bonds is 7. The van der Waals surface area contributed by atoms with Gasteiger partial charge in [0.15, 0.2) is 5.78 Å². The molecule has 16 heavy (non-hydrogen) atoms. The molecule has 3 heteroatoms. The molecule has 0 saturated carbocycles. The molecule has 0 unspecified atom stereocenters. The predicted molar refractivity (Wildman–Crippen MR) is 62.2 cm³/mol. The van der Waals surface area contributed by atoms with Gasteiger partial charge in [-0.3, -0.25) is 4.79 Å². The Morgan fingerprint density at radius 3 is 2.19 bits per heavy atom. The molecule has 0 aliphatic rings. The smallest absolute Gasteiger partial charge is 0.218 e. The number of ether oxygens (including phenoxy) is 2. The number of carbonyl (C=O) groups is 1. The maximum atomic E-state index is 11.8. The molecule has 0 bridgehead atoms. The fourth-order valence-electron chi connectivity index (χ4n) is 1.42. The topological polar surface area (TPSA) is 35.5 Å². The van der Waals surface area contributed by atoms with Crippen molar-refractivity contribution in [2.24, 2.45) is 0 Å². The van der Waals surface area contributed by atoms with Gasteiger partial charge in [0.2, 0.25) is 6.29 Å². The van der Waals surface area contributed by atoms with E-state index in [1.165, 1.54) is 0 Å². The molecule has 88 valence electrons. The second-order valence-corrected chi connectivity index (χ2v) is 3.37. The van der Waals surface area contributed by atoms with Crippen LogP contribution in [0.3, 0.4) is 0 Å². The third-order valence-electron chi connectivity index (χ3n) is 2.12. The van der Waals surface area contributed by atoms with Crippen LogP contribution in [-0.2, 0) is 20.7 Å². The van der Waals surface area contributed by atoms with Gasteiger partial charge in [-0.2, -0.15) is 0 Å². The van der Waals surface area contributed by atoms with Crippen molar-refractivity contribution < 1.29 is 14.3 Å². The van der Waals surface area contributed by atoms with Crippen molar-refractivity contribution in [1.29, 1.82) is 0 Å². The van der Waals surface area contributed by atoms with Crippen molar-refractivity contribution >= 4 is 5.78 Å². The van der Waals surface area contributed by atoms with E-state index in [2.05, 4.69) is 0 Å². The highest BCUT2D eigenvalue weighted by atomic mass is 16.7. The van der Waals surface area contributed by atoms with Crippen molar-refractivity contribution in [3.8, 4) is 0 Å². The predicted octanol–water partition coefficient (Wildman–Crippen LogP) is 2.20. The van der Waals surface area contributed by atoms with E-state index < -0.39 is 6.29 Å². The van der Waals surface area contributed by atoms with E-state index in [-0.39, 0.29) is 5.78 Å². The Kier molecular flexibility index (Phi) is 5.75. The summed E-state index contributed by atoms with van der Waals surface area (Å²) >= 11 is 0. The van der Waals surface area contributed by atoms with Crippen LogP contribution in [0.5, 0.6) is 0 Å². The van der Waals surface area contributed by atoms with Crippen LogP contribution in [0.15, 0.2) is 30.3 Å². The van der Waals surface area contributed by atoms with Crippen LogP contribution in [0.1, 0.15) is 19.4 Å². The lowest BCUT2D eigenvalue weighted by molar-refractivity contribution is -0.167. The summed E-state index contributed by atoms with van der Waals surface area (Å²) in [6, 6.07) is 9.61. The molecule has 0 spiro atoms. The lowest BCUT2D eigenvalue weighted by Gasteiger charge is -2.15. The summed E-state index contributed by atoms with van der Waals surface area (Å²) < 4.78 is 10.5. The Bertz CT molecular complexity index is 302. The molecule has 0 heterocycles. The molecule has 1 aromatic carbocycles. The Morgan fingerprint density at radius 1 is 1.12 bits per heavy atom. The highest BCUT2D eigenvalue weighted by molar-refractivity contribution is 5.84. The molecule has 0 fully saturated rings. The molecule has 0 atom stereocenters. The average molecular weight is 222 g/mol. The second-order valence-electron chi connectivity index (χ2n) is 3.37. The molecule has 0 aliphatic carbocycles. The van der Waals surface area contributed by atoms with E-state index in [4.69, 9.17) is 9.47 Å². The first kappa shape index (κ1) is 12.9. The first-order valence-electron chi connectivity index (χ1n) is 5.57. The van der Waals surface area contributed by atoms with Crippen LogP contribution in [0.2, 0.25) is 0 Å².